The summed E-state index contributed by atoms with van der Waals surface area (Å²) in [4.78, 5) is 36.3. The molecule has 0 bridgehead atoms. The van der Waals surface area contributed by atoms with Crippen LogP contribution in [-0.2, 0) is 11.3 Å². The number of hydrogen-bond acceptors (Lipinski definition) is 6. The Kier molecular flexibility index (Phi) is 5.13. The van der Waals surface area contributed by atoms with Gasteiger partial charge in [0.05, 0.1) is 16.5 Å². The van der Waals surface area contributed by atoms with Crippen molar-refractivity contribution in [2.24, 2.45) is 0 Å². The molecule has 0 aliphatic carbocycles. The summed E-state index contributed by atoms with van der Waals surface area (Å²) in [5.41, 5.74) is 0.560. The standard InChI is InChI=1S/C16H20N4O5/c21-15(18-8-2-6-17-7-10-18)3-1-9-19-13-5-4-12(20(23)24)11-14(13)25-16(19)22/h4-5,11,17H,1-3,6-10H2. The Morgan fingerprint density at radius 3 is 2.96 bits per heavy atom. The molecular weight excluding hydrogens is 328 g/mol. The van der Waals surface area contributed by atoms with E-state index >= 15 is 0 Å². The maximum Gasteiger partial charge on any atom is 0.419 e. The highest BCUT2D eigenvalue weighted by atomic mass is 16.6. The van der Waals surface area contributed by atoms with Crippen LogP contribution in [0.3, 0.4) is 0 Å². The van der Waals surface area contributed by atoms with Gasteiger partial charge in [-0.25, -0.2) is 4.79 Å². The van der Waals surface area contributed by atoms with Gasteiger partial charge in [0, 0.05) is 38.7 Å². The molecule has 2 aromatic rings. The Morgan fingerprint density at radius 2 is 2.16 bits per heavy atom. The summed E-state index contributed by atoms with van der Waals surface area (Å²) < 4.78 is 6.49. The fraction of sp³-hybridized carbons (Fsp3) is 0.500. The van der Waals surface area contributed by atoms with Gasteiger partial charge in [-0.1, -0.05) is 0 Å². The molecule has 1 fully saturated rings. The second kappa shape index (κ2) is 7.47. The lowest BCUT2D eigenvalue weighted by Crippen LogP contribution is -2.34. The Bertz CT molecular complexity index is 833. The monoisotopic (exact) mass is 348 g/mol. The topological polar surface area (TPSA) is 111 Å². The third kappa shape index (κ3) is 3.87. The molecule has 1 aliphatic rings. The number of rotatable bonds is 5. The highest BCUT2D eigenvalue weighted by Crippen LogP contribution is 2.20. The van der Waals surface area contributed by atoms with Crippen molar-refractivity contribution in [1.29, 1.82) is 0 Å². The van der Waals surface area contributed by atoms with Crippen LogP contribution >= 0.6 is 0 Å². The highest BCUT2D eigenvalue weighted by Gasteiger charge is 2.17. The van der Waals surface area contributed by atoms with E-state index in [0.29, 0.717) is 31.4 Å². The van der Waals surface area contributed by atoms with Gasteiger partial charge in [-0.3, -0.25) is 19.5 Å². The number of nitrogens with zero attached hydrogens (tertiary/aromatic N) is 3. The number of fused-ring (bicyclic) bond motifs is 1. The second-order valence-corrected chi connectivity index (χ2v) is 6.02. The lowest BCUT2D eigenvalue weighted by Gasteiger charge is -2.19. The summed E-state index contributed by atoms with van der Waals surface area (Å²) in [6, 6.07) is 4.08. The highest BCUT2D eigenvalue weighted by molar-refractivity contribution is 5.77. The molecule has 9 nitrogen and oxygen atoms in total. The number of carbonyl (C=O) groups excluding carboxylic acids is 1. The number of nitrogens with one attached hydrogen (secondary N) is 1. The minimum atomic E-state index is -0.568. The predicted molar refractivity (Wildman–Crippen MR) is 90.4 cm³/mol. The van der Waals surface area contributed by atoms with Gasteiger partial charge in [0.25, 0.3) is 5.69 Å². The maximum absolute atomic E-state index is 12.3. The van der Waals surface area contributed by atoms with Gasteiger partial charge in [0.2, 0.25) is 5.91 Å². The molecule has 0 radical (unpaired) electrons. The number of oxazole rings is 1. The number of aryl methyl sites for hydroxylation is 1. The van der Waals surface area contributed by atoms with Crippen LogP contribution in [0.1, 0.15) is 19.3 Å². The molecule has 0 unspecified atom stereocenters. The zero-order valence-corrected chi connectivity index (χ0v) is 13.8. The van der Waals surface area contributed by atoms with E-state index < -0.39 is 10.7 Å². The normalized spacial score (nSPS) is 15.3. The number of amides is 1. The van der Waals surface area contributed by atoms with E-state index in [0.717, 1.165) is 26.1 Å². The fourth-order valence-corrected chi connectivity index (χ4v) is 3.02. The fourth-order valence-electron chi connectivity index (χ4n) is 3.02. The molecule has 0 atom stereocenters. The van der Waals surface area contributed by atoms with Crippen molar-refractivity contribution in [2.45, 2.75) is 25.8 Å². The molecule has 1 aromatic carbocycles. The number of hydrogen-bond donors (Lipinski definition) is 1. The first kappa shape index (κ1) is 17.2. The Hall–Kier alpha value is -2.68. The van der Waals surface area contributed by atoms with Crippen LogP contribution in [0.4, 0.5) is 5.69 Å². The first-order valence-corrected chi connectivity index (χ1v) is 8.32. The number of nitro benzene ring substituents is 1. The van der Waals surface area contributed by atoms with E-state index in [9.17, 15) is 19.7 Å². The third-order valence-corrected chi connectivity index (χ3v) is 4.33. The van der Waals surface area contributed by atoms with Crippen LogP contribution in [0.15, 0.2) is 27.4 Å². The van der Waals surface area contributed by atoms with Crippen molar-refractivity contribution in [3.05, 3.63) is 38.9 Å². The van der Waals surface area contributed by atoms with Crippen LogP contribution in [0.2, 0.25) is 0 Å². The average Bonchev–Trinajstić information content (AvgIpc) is 2.78. The van der Waals surface area contributed by atoms with Crippen LogP contribution in [-0.4, -0.2) is 46.5 Å². The number of benzene rings is 1. The SMILES string of the molecule is O=C(CCCn1c(=O)oc2cc([N+](=O)[O-])ccc21)N1CCCNCC1. The Morgan fingerprint density at radius 1 is 1.32 bits per heavy atom. The van der Waals surface area contributed by atoms with Crippen molar-refractivity contribution < 1.29 is 14.1 Å². The molecule has 9 heteroatoms. The summed E-state index contributed by atoms with van der Waals surface area (Å²) in [6.45, 7) is 3.52. The summed E-state index contributed by atoms with van der Waals surface area (Å²) in [5, 5.41) is 14.0. The first-order chi connectivity index (χ1) is 12.1. The number of carbonyl (C=O) groups is 1. The maximum atomic E-state index is 12.3. The minimum absolute atomic E-state index is 0.0835. The molecule has 3 rings (SSSR count). The molecule has 1 amide bonds. The van der Waals surface area contributed by atoms with Gasteiger partial charge in [-0.05, 0) is 25.5 Å². The van der Waals surface area contributed by atoms with E-state index in [-0.39, 0.29) is 17.2 Å². The number of non-ortho nitro benzene ring substituents is 1. The van der Waals surface area contributed by atoms with Crippen molar-refractivity contribution >= 4 is 22.7 Å². The summed E-state index contributed by atoms with van der Waals surface area (Å²) >= 11 is 0. The van der Waals surface area contributed by atoms with Crippen LogP contribution in [0.25, 0.3) is 11.1 Å². The van der Waals surface area contributed by atoms with Crippen molar-refractivity contribution in [3.8, 4) is 0 Å². The van der Waals surface area contributed by atoms with Crippen molar-refractivity contribution in [1.82, 2.24) is 14.8 Å². The summed E-state index contributed by atoms with van der Waals surface area (Å²) in [5.74, 6) is -0.484. The largest absolute Gasteiger partial charge is 0.419 e. The zero-order chi connectivity index (χ0) is 17.8. The second-order valence-electron chi connectivity index (χ2n) is 6.02. The predicted octanol–water partition coefficient (Wildman–Crippen LogP) is 1.10. The molecule has 0 saturated carbocycles. The van der Waals surface area contributed by atoms with Gasteiger partial charge in [0.1, 0.15) is 0 Å². The molecule has 2 heterocycles. The van der Waals surface area contributed by atoms with Gasteiger partial charge < -0.3 is 14.6 Å². The lowest BCUT2D eigenvalue weighted by atomic mass is 10.2. The van der Waals surface area contributed by atoms with Gasteiger partial charge >= 0.3 is 5.76 Å². The number of aromatic nitrogens is 1. The van der Waals surface area contributed by atoms with E-state index in [2.05, 4.69) is 5.32 Å². The molecule has 1 aromatic heterocycles. The van der Waals surface area contributed by atoms with Gasteiger partial charge in [-0.15, -0.1) is 0 Å². The molecule has 134 valence electrons. The Labute approximate surface area is 143 Å². The molecule has 0 spiro atoms. The minimum Gasteiger partial charge on any atom is -0.407 e. The average molecular weight is 348 g/mol. The Balaban J connectivity index is 1.65. The lowest BCUT2D eigenvalue weighted by molar-refractivity contribution is -0.384. The molecular formula is C16H20N4O5. The van der Waals surface area contributed by atoms with Crippen LogP contribution in [0, 0.1) is 10.1 Å². The zero-order valence-electron chi connectivity index (χ0n) is 13.8. The van der Waals surface area contributed by atoms with Gasteiger partial charge in [-0.2, -0.15) is 0 Å². The summed E-state index contributed by atoms with van der Waals surface area (Å²) in [6.07, 6.45) is 1.80. The van der Waals surface area contributed by atoms with Crippen molar-refractivity contribution in [3.63, 3.8) is 0 Å². The van der Waals surface area contributed by atoms with E-state index in [1.807, 2.05) is 4.90 Å². The van der Waals surface area contributed by atoms with E-state index in [4.69, 9.17) is 4.42 Å². The van der Waals surface area contributed by atoms with Crippen LogP contribution in [0.5, 0.6) is 0 Å². The molecule has 1 saturated heterocycles. The molecule has 25 heavy (non-hydrogen) atoms. The molecule has 1 aliphatic heterocycles. The van der Waals surface area contributed by atoms with E-state index in [1.165, 1.54) is 22.8 Å². The summed E-state index contributed by atoms with van der Waals surface area (Å²) in [7, 11) is 0. The van der Waals surface area contributed by atoms with Crippen LogP contribution < -0.4 is 11.1 Å². The van der Waals surface area contributed by atoms with Crippen molar-refractivity contribution in [2.75, 3.05) is 26.2 Å². The smallest absolute Gasteiger partial charge is 0.407 e. The third-order valence-electron chi connectivity index (χ3n) is 4.33. The molecule has 1 N–H and O–H groups in total. The quantitative estimate of drug-likeness (QED) is 0.640. The number of nitro groups is 1. The first-order valence-electron chi connectivity index (χ1n) is 8.32. The van der Waals surface area contributed by atoms with E-state index in [1.54, 1.807) is 0 Å². The van der Waals surface area contributed by atoms with Gasteiger partial charge in [0.15, 0.2) is 5.58 Å².